The quantitative estimate of drug-likeness (QED) is 0.641. The molecule has 0 heterocycles. The number of rotatable bonds is 8. The van der Waals surface area contributed by atoms with Gasteiger partial charge in [-0.05, 0) is 51.4 Å². The van der Waals surface area contributed by atoms with E-state index in [1.165, 1.54) is 32.1 Å². The fourth-order valence-electron chi connectivity index (χ4n) is 3.01. The lowest BCUT2D eigenvalue weighted by atomic mass is 9.83. The molecule has 0 aromatic carbocycles. The summed E-state index contributed by atoms with van der Waals surface area (Å²) in [5.41, 5.74) is 0. The Bertz CT molecular complexity index is 263. The van der Waals surface area contributed by atoms with Crippen LogP contribution < -0.4 is 10.6 Å². The molecule has 0 spiro atoms. The average Bonchev–Trinajstić information content (AvgIpc) is 2.44. The molecule has 1 atom stereocenters. The summed E-state index contributed by atoms with van der Waals surface area (Å²) in [7, 11) is 0. The molecule has 1 unspecified atom stereocenters. The number of urea groups is 1. The number of unbranched alkanes of at least 4 members (excludes halogenated alkanes) is 1. The molecule has 0 aliphatic heterocycles. The predicted octanol–water partition coefficient (Wildman–Crippen LogP) is 3.20. The van der Waals surface area contributed by atoms with E-state index in [0.29, 0.717) is 6.04 Å². The zero-order valence-electron chi connectivity index (χ0n) is 13.2. The van der Waals surface area contributed by atoms with Gasteiger partial charge < -0.3 is 15.7 Å². The highest BCUT2D eigenvalue weighted by Crippen LogP contribution is 2.28. The number of carbonyl (C=O) groups is 1. The van der Waals surface area contributed by atoms with E-state index in [1.54, 1.807) is 0 Å². The zero-order valence-corrected chi connectivity index (χ0v) is 13.2. The number of hydrogen-bond donors (Lipinski definition) is 3. The molecule has 3 N–H and O–H groups in total. The molecule has 1 rings (SSSR count). The molecular weight excluding hydrogens is 252 g/mol. The molecule has 20 heavy (non-hydrogen) atoms. The molecule has 4 nitrogen and oxygen atoms in total. The van der Waals surface area contributed by atoms with Crippen LogP contribution in [-0.4, -0.2) is 29.8 Å². The van der Waals surface area contributed by atoms with Gasteiger partial charge >= 0.3 is 6.03 Å². The standard InChI is InChI=1S/C16H32N2O2/c1-3-4-7-14-8-10-15(11-9-14)18-16(20)17-13(2)6-5-12-19/h13-15,19H,3-12H2,1-2H3,(H2,17,18,20). The molecule has 1 saturated carbocycles. The fraction of sp³-hybridized carbons (Fsp3) is 0.938. The number of hydrogen-bond acceptors (Lipinski definition) is 2. The number of carbonyl (C=O) groups excluding carboxylic acids is 1. The van der Waals surface area contributed by atoms with Crippen LogP contribution in [-0.2, 0) is 0 Å². The lowest BCUT2D eigenvalue weighted by Gasteiger charge is -2.29. The smallest absolute Gasteiger partial charge is 0.315 e. The zero-order chi connectivity index (χ0) is 14.8. The van der Waals surface area contributed by atoms with E-state index in [1.807, 2.05) is 6.92 Å². The highest BCUT2D eigenvalue weighted by Gasteiger charge is 2.22. The number of aliphatic hydroxyl groups excluding tert-OH is 1. The Morgan fingerprint density at radius 2 is 1.95 bits per heavy atom. The second-order valence-electron chi connectivity index (χ2n) is 6.24. The van der Waals surface area contributed by atoms with Crippen molar-refractivity contribution in [2.45, 2.75) is 83.7 Å². The number of aliphatic hydroxyl groups is 1. The minimum absolute atomic E-state index is 0.0487. The lowest BCUT2D eigenvalue weighted by molar-refractivity contribution is 0.220. The van der Waals surface area contributed by atoms with E-state index in [2.05, 4.69) is 17.6 Å². The summed E-state index contributed by atoms with van der Waals surface area (Å²) >= 11 is 0. The molecule has 2 amide bonds. The normalized spacial score (nSPS) is 24.1. The van der Waals surface area contributed by atoms with Crippen molar-refractivity contribution in [3.63, 3.8) is 0 Å². The van der Waals surface area contributed by atoms with Crippen LogP contribution in [0.25, 0.3) is 0 Å². The van der Waals surface area contributed by atoms with Crippen molar-refractivity contribution < 1.29 is 9.90 Å². The third-order valence-electron chi connectivity index (χ3n) is 4.32. The molecule has 0 radical (unpaired) electrons. The molecule has 118 valence electrons. The Hall–Kier alpha value is -0.770. The Morgan fingerprint density at radius 3 is 2.55 bits per heavy atom. The second-order valence-corrected chi connectivity index (χ2v) is 6.24. The first-order valence-corrected chi connectivity index (χ1v) is 8.33. The van der Waals surface area contributed by atoms with Crippen LogP contribution in [0.1, 0.15) is 71.6 Å². The van der Waals surface area contributed by atoms with Gasteiger partial charge in [-0.3, -0.25) is 0 Å². The van der Waals surface area contributed by atoms with Crippen LogP contribution >= 0.6 is 0 Å². The Labute approximate surface area is 123 Å². The van der Waals surface area contributed by atoms with Crippen LogP contribution in [0.5, 0.6) is 0 Å². The molecule has 0 aromatic rings. The van der Waals surface area contributed by atoms with Gasteiger partial charge in [0.25, 0.3) is 0 Å². The predicted molar refractivity (Wildman–Crippen MR) is 82.7 cm³/mol. The third-order valence-corrected chi connectivity index (χ3v) is 4.32. The van der Waals surface area contributed by atoms with E-state index >= 15 is 0 Å². The maximum atomic E-state index is 11.9. The summed E-state index contributed by atoms with van der Waals surface area (Å²) < 4.78 is 0. The third kappa shape index (κ3) is 7.13. The SMILES string of the molecule is CCCCC1CCC(NC(=O)NC(C)CCCO)CC1. The summed E-state index contributed by atoms with van der Waals surface area (Å²) in [6.07, 6.45) is 10.3. The van der Waals surface area contributed by atoms with Crippen LogP contribution in [0.4, 0.5) is 4.79 Å². The first-order chi connectivity index (χ1) is 9.65. The summed E-state index contributed by atoms with van der Waals surface area (Å²) in [6, 6.07) is 0.424. The Kier molecular flexibility index (Phi) is 8.67. The Balaban J connectivity index is 2.14. The van der Waals surface area contributed by atoms with Crippen LogP contribution in [0.3, 0.4) is 0 Å². The fourth-order valence-corrected chi connectivity index (χ4v) is 3.01. The first kappa shape index (κ1) is 17.3. The molecule has 1 aliphatic carbocycles. The van der Waals surface area contributed by atoms with Gasteiger partial charge in [-0.15, -0.1) is 0 Å². The lowest BCUT2D eigenvalue weighted by Crippen LogP contribution is -2.46. The second kappa shape index (κ2) is 10.0. The molecule has 0 saturated heterocycles. The number of nitrogens with one attached hydrogen (secondary N) is 2. The van der Waals surface area contributed by atoms with Crippen molar-refractivity contribution in [1.29, 1.82) is 0 Å². The van der Waals surface area contributed by atoms with Gasteiger partial charge in [-0.1, -0.05) is 26.2 Å². The maximum absolute atomic E-state index is 11.9. The van der Waals surface area contributed by atoms with Gasteiger partial charge in [0, 0.05) is 18.7 Å². The average molecular weight is 284 g/mol. The number of amides is 2. The summed E-state index contributed by atoms with van der Waals surface area (Å²) in [5, 5.41) is 14.8. The molecule has 0 aromatic heterocycles. The monoisotopic (exact) mass is 284 g/mol. The van der Waals surface area contributed by atoms with E-state index in [-0.39, 0.29) is 18.7 Å². The maximum Gasteiger partial charge on any atom is 0.315 e. The van der Waals surface area contributed by atoms with Gasteiger partial charge in [0.05, 0.1) is 0 Å². The first-order valence-electron chi connectivity index (χ1n) is 8.33. The van der Waals surface area contributed by atoms with E-state index < -0.39 is 0 Å². The summed E-state index contributed by atoms with van der Waals surface area (Å²) in [6.45, 7) is 4.42. The highest BCUT2D eigenvalue weighted by molar-refractivity contribution is 5.74. The van der Waals surface area contributed by atoms with Crippen LogP contribution in [0, 0.1) is 5.92 Å². The molecular formula is C16H32N2O2. The van der Waals surface area contributed by atoms with Crippen LogP contribution in [0.2, 0.25) is 0 Å². The van der Waals surface area contributed by atoms with Crippen molar-refractivity contribution in [1.82, 2.24) is 10.6 Å². The van der Waals surface area contributed by atoms with Gasteiger partial charge in [-0.25, -0.2) is 4.79 Å². The largest absolute Gasteiger partial charge is 0.396 e. The van der Waals surface area contributed by atoms with Crippen LogP contribution in [0.15, 0.2) is 0 Å². The topological polar surface area (TPSA) is 61.4 Å². The van der Waals surface area contributed by atoms with Crippen molar-refractivity contribution in [2.24, 2.45) is 5.92 Å². The van der Waals surface area contributed by atoms with E-state index in [9.17, 15) is 4.79 Å². The van der Waals surface area contributed by atoms with Crippen molar-refractivity contribution in [2.75, 3.05) is 6.61 Å². The summed E-state index contributed by atoms with van der Waals surface area (Å²) in [4.78, 5) is 11.9. The van der Waals surface area contributed by atoms with E-state index in [4.69, 9.17) is 5.11 Å². The van der Waals surface area contributed by atoms with E-state index in [0.717, 1.165) is 31.6 Å². The van der Waals surface area contributed by atoms with Gasteiger partial charge in [0.1, 0.15) is 0 Å². The molecule has 0 bridgehead atoms. The van der Waals surface area contributed by atoms with Gasteiger partial charge in [0.2, 0.25) is 0 Å². The molecule has 4 heteroatoms. The highest BCUT2D eigenvalue weighted by atomic mass is 16.3. The molecule has 1 fully saturated rings. The minimum Gasteiger partial charge on any atom is -0.396 e. The van der Waals surface area contributed by atoms with Crippen molar-refractivity contribution >= 4 is 6.03 Å². The van der Waals surface area contributed by atoms with Crippen molar-refractivity contribution in [3.05, 3.63) is 0 Å². The van der Waals surface area contributed by atoms with Gasteiger partial charge in [0.15, 0.2) is 0 Å². The Morgan fingerprint density at radius 1 is 1.25 bits per heavy atom. The molecule has 1 aliphatic rings. The van der Waals surface area contributed by atoms with Gasteiger partial charge in [-0.2, -0.15) is 0 Å². The van der Waals surface area contributed by atoms with Crippen molar-refractivity contribution in [3.8, 4) is 0 Å². The summed E-state index contributed by atoms with van der Waals surface area (Å²) in [5.74, 6) is 0.875. The minimum atomic E-state index is -0.0487.